The van der Waals surface area contributed by atoms with Gasteiger partial charge < -0.3 is 5.11 Å². The molecule has 6 heteroatoms. The van der Waals surface area contributed by atoms with E-state index in [0.29, 0.717) is 16.9 Å². The van der Waals surface area contributed by atoms with Crippen LogP contribution in [-0.4, -0.2) is 33.2 Å². The van der Waals surface area contributed by atoms with Crippen molar-refractivity contribution in [2.24, 2.45) is 0 Å². The Balaban J connectivity index is 2.24. The SMILES string of the molecule is CC[C@H](C)N1C(=O)S/C(=C\c2ccc(C(=O)O)cc2)C1=O. The second kappa shape index (κ2) is 6.13. The molecular weight excluding hydrogens is 290 g/mol. The summed E-state index contributed by atoms with van der Waals surface area (Å²) in [5.41, 5.74) is 0.870. The average Bonchev–Trinajstić information content (AvgIpc) is 2.73. The third-order valence-electron chi connectivity index (χ3n) is 3.31. The van der Waals surface area contributed by atoms with Crippen LogP contribution in [0.25, 0.3) is 6.08 Å². The Morgan fingerprint density at radius 3 is 2.48 bits per heavy atom. The van der Waals surface area contributed by atoms with Crippen molar-refractivity contribution >= 4 is 35.0 Å². The van der Waals surface area contributed by atoms with Crippen LogP contribution >= 0.6 is 11.8 Å². The molecule has 0 bridgehead atoms. The third kappa shape index (κ3) is 3.16. The zero-order chi connectivity index (χ0) is 15.6. The molecule has 1 saturated heterocycles. The Kier molecular flexibility index (Phi) is 4.47. The summed E-state index contributed by atoms with van der Waals surface area (Å²) in [6, 6.07) is 6.03. The van der Waals surface area contributed by atoms with E-state index in [1.165, 1.54) is 17.0 Å². The van der Waals surface area contributed by atoms with Crippen molar-refractivity contribution in [2.45, 2.75) is 26.3 Å². The van der Waals surface area contributed by atoms with Crippen LogP contribution in [0.2, 0.25) is 0 Å². The summed E-state index contributed by atoms with van der Waals surface area (Å²) >= 11 is 0.913. The summed E-state index contributed by atoms with van der Waals surface area (Å²) in [4.78, 5) is 36.5. The highest BCUT2D eigenvalue weighted by atomic mass is 32.2. The average molecular weight is 305 g/mol. The molecular formula is C15H15NO4S. The minimum atomic E-state index is -1.00. The highest BCUT2D eigenvalue weighted by molar-refractivity contribution is 8.18. The Morgan fingerprint density at radius 1 is 1.33 bits per heavy atom. The Labute approximate surface area is 126 Å². The molecule has 1 atom stereocenters. The molecule has 0 radical (unpaired) electrons. The lowest BCUT2D eigenvalue weighted by atomic mass is 10.1. The minimum absolute atomic E-state index is 0.127. The number of carboxylic acids is 1. The topological polar surface area (TPSA) is 74.7 Å². The van der Waals surface area contributed by atoms with Crippen LogP contribution in [0.5, 0.6) is 0 Å². The molecule has 0 aromatic heterocycles. The lowest BCUT2D eigenvalue weighted by Gasteiger charge is -2.19. The Bertz CT molecular complexity index is 621. The van der Waals surface area contributed by atoms with E-state index in [9.17, 15) is 14.4 Å². The van der Waals surface area contributed by atoms with Gasteiger partial charge in [-0.25, -0.2) is 4.79 Å². The maximum absolute atomic E-state index is 12.2. The van der Waals surface area contributed by atoms with Crippen LogP contribution in [0, 0.1) is 0 Å². The number of benzene rings is 1. The second-order valence-corrected chi connectivity index (χ2v) is 5.73. The van der Waals surface area contributed by atoms with E-state index < -0.39 is 5.97 Å². The number of hydrogen-bond acceptors (Lipinski definition) is 4. The fraction of sp³-hybridized carbons (Fsp3) is 0.267. The van der Waals surface area contributed by atoms with Crippen molar-refractivity contribution in [2.75, 3.05) is 0 Å². The standard InChI is InChI=1S/C15H15NO4S/c1-3-9(2)16-13(17)12(21-15(16)20)8-10-4-6-11(7-5-10)14(18)19/h4-9H,3H2,1-2H3,(H,18,19)/b12-8-/t9-/m0/s1. The third-order valence-corrected chi connectivity index (χ3v) is 4.19. The summed E-state index contributed by atoms with van der Waals surface area (Å²) in [7, 11) is 0. The molecule has 1 aliphatic rings. The van der Waals surface area contributed by atoms with Gasteiger partial charge in [-0.3, -0.25) is 14.5 Å². The molecule has 2 amide bonds. The number of aromatic carboxylic acids is 1. The van der Waals surface area contributed by atoms with Crippen LogP contribution in [0.15, 0.2) is 29.2 Å². The summed E-state index contributed by atoms with van der Waals surface area (Å²) in [5, 5.41) is 8.57. The van der Waals surface area contributed by atoms with Crippen molar-refractivity contribution in [3.63, 3.8) is 0 Å². The number of thioether (sulfide) groups is 1. The van der Waals surface area contributed by atoms with Gasteiger partial charge in [0.2, 0.25) is 0 Å². The van der Waals surface area contributed by atoms with E-state index in [1.807, 2.05) is 13.8 Å². The first-order valence-electron chi connectivity index (χ1n) is 6.54. The number of carbonyl (C=O) groups excluding carboxylic acids is 2. The smallest absolute Gasteiger partial charge is 0.335 e. The molecule has 1 aromatic rings. The highest BCUT2D eigenvalue weighted by Crippen LogP contribution is 2.34. The molecule has 0 saturated carbocycles. The number of hydrogen-bond donors (Lipinski definition) is 1. The van der Waals surface area contributed by atoms with E-state index in [1.54, 1.807) is 18.2 Å². The van der Waals surface area contributed by atoms with Crippen LogP contribution in [0.4, 0.5) is 4.79 Å². The first-order chi connectivity index (χ1) is 9.93. The van der Waals surface area contributed by atoms with Gasteiger partial charge in [0, 0.05) is 6.04 Å². The van der Waals surface area contributed by atoms with E-state index in [4.69, 9.17) is 5.11 Å². The van der Waals surface area contributed by atoms with E-state index in [0.717, 1.165) is 11.8 Å². The predicted molar refractivity (Wildman–Crippen MR) is 81.0 cm³/mol. The molecule has 21 heavy (non-hydrogen) atoms. The van der Waals surface area contributed by atoms with E-state index in [2.05, 4.69) is 0 Å². The highest BCUT2D eigenvalue weighted by Gasteiger charge is 2.37. The number of imide groups is 1. The molecule has 1 fully saturated rings. The van der Waals surface area contributed by atoms with Crippen LogP contribution in [0.1, 0.15) is 36.2 Å². The summed E-state index contributed by atoms with van der Waals surface area (Å²) in [6.07, 6.45) is 2.32. The number of carboxylic acid groups (broad SMARTS) is 1. The number of nitrogens with zero attached hydrogens (tertiary/aromatic N) is 1. The fourth-order valence-electron chi connectivity index (χ4n) is 1.92. The van der Waals surface area contributed by atoms with Gasteiger partial charge in [-0.05, 0) is 48.9 Å². The van der Waals surface area contributed by atoms with Crippen LogP contribution < -0.4 is 0 Å². The zero-order valence-electron chi connectivity index (χ0n) is 11.7. The normalized spacial score (nSPS) is 18.4. The predicted octanol–water partition coefficient (Wildman–Crippen LogP) is 3.22. The van der Waals surface area contributed by atoms with E-state index in [-0.39, 0.29) is 22.8 Å². The molecule has 0 spiro atoms. The van der Waals surface area contributed by atoms with Gasteiger partial charge in [-0.2, -0.15) is 0 Å². The lowest BCUT2D eigenvalue weighted by molar-refractivity contribution is -0.124. The Hall–Kier alpha value is -2.08. The molecule has 0 unspecified atom stereocenters. The van der Waals surface area contributed by atoms with Crippen molar-refractivity contribution < 1.29 is 19.5 Å². The summed E-state index contributed by atoms with van der Waals surface area (Å²) in [6.45, 7) is 3.75. The maximum atomic E-state index is 12.2. The molecule has 1 aliphatic heterocycles. The van der Waals surface area contributed by atoms with Gasteiger partial charge in [-0.15, -0.1) is 0 Å². The van der Waals surface area contributed by atoms with Gasteiger partial charge in [0.25, 0.3) is 11.1 Å². The van der Waals surface area contributed by atoms with Crippen LogP contribution in [0.3, 0.4) is 0 Å². The molecule has 1 N–H and O–H groups in total. The van der Waals surface area contributed by atoms with E-state index >= 15 is 0 Å². The van der Waals surface area contributed by atoms with Gasteiger partial charge in [0.05, 0.1) is 10.5 Å². The quantitative estimate of drug-likeness (QED) is 0.864. The first kappa shape index (κ1) is 15.3. The van der Waals surface area contributed by atoms with Crippen molar-refractivity contribution in [1.82, 2.24) is 4.90 Å². The van der Waals surface area contributed by atoms with Gasteiger partial charge >= 0.3 is 5.97 Å². The zero-order valence-corrected chi connectivity index (χ0v) is 12.5. The Morgan fingerprint density at radius 2 is 1.95 bits per heavy atom. The molecule has 1 heterocycles. The van der Waals surface area contributed by atoms with Crippen molar-refractivity contribution in [3.05, 3.63) is 40.3 Å². The van der Waals surface area contributed by atoms with Gasteiger partial charge in [0.15, 0.2) is 0 Å². The monoisotopic (exact) mass is 305 g/mol. The summed E-state index contributed by atoms with van der Waals surface area (Å²) < 4.78 is 0. The maximum Gasteiger partial charge on any atom is 0.335 e. The molecule has 1 aromatic carbocycles. The van der Waals surface area contributed by atoms with Crippen molar-refractivity contribution in [3.8, 4) is 0 Å². The molecule has 110 valence electrons. The largest absolute Gasteiger partial charge is 0.478 e. The van der Waals surface area contributed by atoms with Crippen molar-refractivity contribution in [1.29, 1.82) is 0 Å². The van der Waals surface area contributed by atoms with Gasteiger partial charge in [-0.1, -0.05) is 19.1 Å². The van der Waals surface area contributed by atoms with Crippen LogP contribution in [-0.2, 0) is 4.79 Å². The molecule has 5 nitrogen and oxygen atoms in total. The lowest BCUT2D eigenvalue weighted by Crippen LogP contribution is -2.36. The molecule has 2 rings (SSSR count). The second-order valence-electron chi connectivity index (χ2n) is 4.74. The van der Waals surface area contributed by atoms with Gasteiger partial charge in [0.1, 0.15) is 0 Å². The molecule has 0 aliphatic carbocycles. The summed E-state index contributed by atoms with van der Waals surface area (Å²) in [5.74, 6) is -1.29. The minimum Gasteiger partial charge on any atom is -0.478 e. The first-order valence-corrected chi connectivity index (χ1v) is 7.36. The number of rotatable bonds is 4. The number of amides is 2. The number of carbonyl (C=O) groups is 3. The fourth-order valence-corrected chi connectivity index (χ4v) is 2.85.